The zero-order chi connectivity index (χ0) is 15.5. The highest BCUT2D eigenvalue weighted by molar-refractivity contribution is 6.30. The third-order valence-electron chi connectivity index (χ3n) is 3.91. The van der Waals surface area contributed by atoms with E-state index in [9.17, 15) is 5.26 Å². The summed E-state index contributed by atoms with van der Waals surface area (Å²) in [6, 6.07) is 17.7. The average molecular weight is 310 g/mol. The van der Waals surface area contributed by atoms with E-state index in [2.05, 4.69) is 11.2 Å². The first-order valence-electron chi connectivity index (χ1n) is 7.24. The topological polar surface area (TPSA) is 39.4 Å². The Bertz CT molecular complexity index is 744. The van der Waals surface area contributed by atoms with Crippen molar-refractivity contribution >= 4 is 17.3 Å². The summed E-state index contributed by atoms with van der Waals surface area (Å²) in [5.41, 5.74) is 4.20. The maximum Gasteiger partial charge on any atom is 0.158 e. The second-order valence-electron chi connectivity index (χ2n) is 5.35. The molecule has 0 aromatic heterocycles. The lowest BCUT2D eigenvalue weighted by atomic mass is 10.0. The second-order valence-corrected chi connectivity index (χ2v) is 5.79. The molecular weight excluding hydrogens is 294 g/mol. The fraction of sp³-hybridized carbons (Fsp3) is 0.222. The van der Waals surface area contributed by atoms with E-state index in [-0.39, 0.29) is 6.04 Å². The fourth-order valence-corrected chi connectivity index (χ4v) is 2.82. The predicted molar refractivity (Wildman–Crippen MR) is 88.8 cm³/mol. The molecule has 0 N–H and O–H groups in total. The van der Waals surface area contributed by atoms with Gasteiger partial charge in [-0.1, -0.05) is 48.0 Å². The van der Waals surface area contributed by atoms with Gasteiger partial charge in [-0.05, 0) is 35.7 Å². The Balaban J connectivity index is 1.88. The molecular formula is C18H16ClN3. The van der Waals surface area contributed by atoms with Gasteiger partial charge in [-0.2, -0.15) is 10.4 Å². The van der Waals surface area contributed by atoms with E-state index in [1.807, 2.05) is 60.5 Å². The van der Waals surface area contributed by atoms with Crippen LogP contribution in [0.5, 0.6) is 0 Å². The first kappa shape index (κ1) is 14.6. The standard InChI is InChI=1S/C18H16ClN3/c1-13-4-2-3-5-16(13)18(12-20)22-11-10-17(21-22)14-6-8-15(19)9-7-14/h2-9,18H,10-11H2,1H3. The van der Waals surface area contributed by atoms with Crippen molar-refractivity contribution in [2.45, 2.75) is 19.4 Å². The van der Waals surface area contributed by atoms with Crippen LogP contribution in [0.1, 0.15) is 29.2 Å². The van der Waals surface area contributed by atoms with Gasteiger partial charge < -0.3 is 0 Å². The molecule has 110 valence electrons. The largest absolute Gasteiger partial charge is 0.275 e. The van der Waals surface area contributed by atoms with E-state index in [0.29, 0.717) is 5.02 Å². The maximum absolute atomic E-state index is 9.58. The Morgan fingerprint density at radius 1 is 1.18 bits per heavy atom. The summed E-state index contributed by atoms with van der Waals surface area (Å²) in [4.78, 5) is 0. The number of hydrogen-bond acceptors (Lipinski definition) is 3. The molecule has 1 heterocycles. The maximum atomic E-state index is 9.58. The first-order chi connectivity index (χ1) is 10.7. The first-order valence-corrected chi connectivity index (χ1v) is 7.62. The Morgan fingerprint density at radius 3 is 2.59 bits per heavy atom. The molecule has 3 rings (SSSR count). The minimum atomic E-state index is -0.342. The zero-order valence-corrected chi connectivity index (χ0v) is 13.1. The summed E-state index contributed by atoms with van der Waals surface area (Å²) in [5, 5.41) is 16.8. The van der Waals surface area contributed by atoms with Gasteiger partial charge in [0.25, 0.3) is 0 Å². The van der Waals surface area contributed by atoms with Gasteiger partial charge in [-0.15, -0.1) is 0 Å². The highest BCUT2D eigenvalue weighted by Gasteiger charge is 2.25. The molecule has 0 spiro atoms. The van der Waals surface area contributed by atoms with Crippen molar-refractivity contribution < 1.29 is 0 Å². The number of nitrogens with zero attached hydrogens (tertiary/aromatic N) is 3. The lowest BCUT2D eigenvalue weighted by molar-refractivity contribution is 0.274. The molecule has 1 aliphatic rings. The van der Waals surface area contributed by atoms with Gasteiger partial charge >= 0.3 is 0 Å². The number of hydrogen-bond donors (Lipinski definition) is 0. The van der Waals surface area contributed by atoms with E-state index in [1.165, 1.54) is 0 Å². The van der Waals surface area contributed by atoms with Crippen LogP contribution in [0.3, 0.4) is 0 Å². The van der Waals surface area contributed by atoms with Crippen LogP contribution in [-0.4, -0.2) is 17.3 Å². The van der Waals surface area contributed by atoms with Gasteiger partial charge in [0.1, 0.15) is 0 Å². The summed E-state index contributed by atoms with van der Waals surface area (Å²) in [5.74, 6) is 0. The zero-order valence-electron chi connectivity index (χ0n) is 12.3. The number of rotatable bonds is 3. The van der Waals surface area contributed by atoms with E-state index in [4.69, 9.17) is 11.6 Å². The molecule has 0 amide bonds. The molecule has 1 atom stereocenters. The van der Waals surface area contributed by atoms with Crippen molar-refractivity contribution in [3.8, 4) is 6.07 Å². The van der Waals surface area contributed by atoms with Crippen molar-refractivity contribution in [1.29, 1.82) is 5.26 Å². The highest BCUT2D eigenvalue weighted by Crippen LogP contribution is 2.27. The lowest BCUT2D eigenvalue weighted by Gasteiger charge is -2.21. The molecule has 1 aliphatic heterocycles. The van der Waals surface area contributed by atoms with Crippen LogP contribution in [-0.2, 0) is 0 Å². The average Bonchev–Trinajstić information content (AvgIpc) is 3.00. The number of nitriles is 1. The quantitative estimate of drug-likeness (QED) is 0.847. The van der Waals surface area contributed by atoms with Gasteiger partial charge in [0.2, 0.25) is 0 Å². The minimum Gasteiger partial charge on any atom is -0.275 e. The fourth-order valence-electron chi connectivity index (χ4n) is 2.70. The molecule has 0 saturated carbocycles. The van der Waals surface area contributed by atoms with E-state index >= 15 is 0 Å². The molecule has 0 fully saturated rings. The number of hydrazone groups is 1. The molecule has 22 heavy (non-hydrogen) atoms. The van der Waals surface area contributed by atoms with Gasteiger partial charge in [0, 0.05) is 18.0 Å². The Morgan fingerprint density at radius 2 is 1.91 bits per heavy atom. The van der Waals surface area contributed by atoms with E-state index in [1.54, 1.807) is 0 Å². The molecule has 3 nitrogen and oxygen atoms in total. The number of aryl methyl sites for hydroxylation is 1. The molecule has 0 saturated heterocycles. The van der Waals surface area contributed by atoms with Crippen molar-refractivity contribution in [3.63, 3.8) is 0 Å². The molecule has 0 bridgehead atoms. The third-order valence-corrected chi connectivity index (χ3v) is 4.16. The summed E-state index contributed by atoms with van der Waals surface area (Å²) in [6.45, 7) is 2.78. The number of halogens is 1. The summed E-state index contributed by atoms with van der Waals surface area (Å²) >= 11 is 5.92. The van der Waals surface area contributed by atoms with Crippen LogP contribution in [0.15, 0.2) is 53.6 Å². The number of benzene rings is 2. The van der Waals surface area contributed by atoms with E-state index < -0.39 is 0 Å². The summed E-state index contributed by atoms with van der Waals surface area (Å²) in [6.07, 6.45) is 0.839. The summed E-state index contributed by atoms with van der Waals surface area (Å²) < 4.78 is 0. The third kappa shape index (κ3) is 2.84. The SMILES string of the molecule is Cc1ccccc1C(C#N)N1CCC(c2ccc(Cl)cc2)=N1. The second kappa shape index (κ2) is 6.21. The summed E-state index contributed by atoms with van der Waals surface area (Å²) in [7, 11) is 0. The molecule has 0 aliphatic carbocycles. The highest BCUT2D eigenvalue weighted by atomic mass is 35.5. The van der Waals surface area contributed by atoms with Crippen LogP contribution in [0.4, 0.5) is 0 Å². The Hall–Kier alpha value is -2.31. The van der Waals surface area contributed by atoms with Crippen molar-refractivity contribution in [2.24, 2.45) is 5.10 Å². The molecule has 4 heteroatoms. The minimum absolute atomic E-state index is 0.342. The van der Waals surface area contributed by atoms with Gasteiger partial charge in [0.15, 0.2) is 6.04 Å². The predicted octanol–water partition coefficient (Wildman–Crippen LogP) is 4.32. The van der Waals surface area contributed by atoms with Crippen molar-refractivity contribution in [3.05, 3.63) is 70.2 Å². The normalized spacial score (nSPS) is 15.3. The smallest absolute Gasteiger partial charge is 0.158 e. The van der Waals surface area contributed by atoms with Gasteiger partial charge in [-0.25, -0.2) is 0 Å². The Labute approximate surface area is 135 Å². The Kier molecular flexibility index (Phi) is 4.13. The molecule has 2 aromatic carbocycles. The monoisotopic (exact) mass is 309 g/mol. The molecule has 1 unspecified atom stereocenters. The van der Waals surface area contributed by atoms with Crippen LogP contribution in [0, 0.1) is 18.3 Å². The van der Waals surface area contributed by atoms with Crippen molar-refractivity contribution in [1.82, 2.24) is 5.01 Å². The molecule has 2 aromatic rings. The van der Waals surface area contributed by atoms with E-state index in [0.717, 1.165) is 35.4 Å². The van der Waals surface area contributed by atoms with Crippen molar-refractivity contribution in [2.75, 3.05) is 6.54 Å². The van der Waals surface area contributed by atoms with Crippen LogP contribution in [0.2, 0.25) is 5.02 Å². The van der Waals surface area contributed by atoms with Gasteiger partial charge in [0.05, 0.1) is 11.8 Å². The lowest BCUT2D eigenvalue weighted by Crippen LogP contribution is -2.20. The van der Waals surface area contributed by atoms with Gasteiger partial charge in [-0.3, -0.25) is 5.01 Å². The molecule has 0 radical (unpaired) electrons. The van der Waals surface area contributed by atoms with Crippen LogP contribution in [0.25, 0.3) is 0 Å². The van der Waals surface area contributed by atoms with Crippen LogP contribution >= 0.6 is 11.6 Å². The van der Waals surface area contributed by atoms with Crippen LogP contribution < -0.4 is 0 Å².